The Morgan fingerprint density at radius 1 is 1.29 bits per heavy atom. The summed E-state index contributed by atoms with van der Waals surface area (Å²) in [4.78, 5) is 11.6. The number of nitrogens with zero attached hydrogens (tertiary/aromatic N) is 1. The van der Waals surface area contributed by atoms with Crippen LogP contribution >= 0.6 is 15.9 Å². The molecule has 106 valence electrons. The van der Waals surface area contributed by atoms with Gasteiger partial charge in [0.1, 0.15) is 12.1 Å². The first kappa shape index (κ1) is 15.1. The number of carbonyl (C=O) groups excluding carboxylic acids is 1. The van der Waals surface area contributed by atoms with Crippen molar-refractivity contribution in [1.29, 1.82) is 5.26 Å². The SMILES string of the molecule is N#Cc1ccc(N[C@H](Cc2ccccc2)C(N)=O)cc1Br. The lowest BCUT2D eigenvalue weighted by Crippen LogP contribution is -2.37. The van der Waals surface area contributed by atoms with Crippen molar-refractivity contribution in [3.63, 3.8) is 0 Å². The van der Waals surface area contributed by atoms with Crippen LogP contribution < -0.4 is 11.1 Å². The zero-order valence-electron chi connectivity index (χ0n) is 11.2. The quantitative estimate of drug-likeness (QED) is 0.875. The van der Waals surface area contributed by atoms with Crippen LogP contribution in [-0.2, 0) is 11.2 Å². The maximum Gasteiger partial charge on any atom is 0.240 e. The van der Waals surface area contributed by atoms with Crippen molar-refractivity contribution < 1.29 is 4.79 Å². The van der Waals surface area contributed by atoms with Gasteiger partial charge in [0.05, 0.1) is 5.56 Å². The molecule has 2 rings (SSSR count). The summed E-state index contributed by atoms with van der Waals surface area (Å²) in [5.41, 5.74) is 7.77. The van der Waals surface area contributed by atoms with E-state index in [2.05, 4.69) is 27.3 Å². The van der Waals surface area contributed by atoms with Crippen LogP contribution in [0.4, 0.5) is 5.69 Å². The van der Waals surface area contributed by atoms with Gasteiger partial charge in [-0.1, -0.05) is 30.3 Å². The summed E-state index contributed by atoms with van der Waals surface area (Å²) < 4.78 is 0.679. The standard InChI is InChI=1S/C16H14BrN3O/c17-14-9-13(7-6-12(14)10-18)20-15(16(19)21)8-11-4-2-1-3-5-11/h1-7,9,15,20H,8H2,(H2,19,21)/t15-/m1/s1. The van der Waals surface area contributed by atoms with Crippen LogP contribution in [0.25, 0.3) is 0 Å². The van der Waals surface area contributed by atoms with Crippen molar-refractivity contribution in [2.45, 2.75) is 12.5 Å². The molecule has 1 atom stereocenters. The molecular weight excluding hydrogens is 330 g/mol. The molecule has 0 aromatic heterocycles. The zero-order valence-corrected chi connectivity index (χ0v) is 12.8. The summed E-state index contributed by atoms with van der Waals surface area (Å²) in [6.45, 7) is 0. The summed E-state index contributed by atoms with van der Waals surface area (Å²) in [5.74, 6) is -0.417. The number of anilines is 1. The smallest absolute Gasteiger partial charge is 0.240 e. The molecule has 0 radical (unpaired) electrons. The first-order valence-corrected chi connectivity index (χ1v) is 7.19. The Hall–Kier alpha value is -2.32. The fourth-order valence-electron chi connectivity index (χ4n) is 1.97. The number of primary amides is 1. The number of nitriles is 1. The second kappa shape index (κ2) is 6.91. The molecule has 4 nitrogen and oxygen atoms in total. The number of hydrogen-bond donors (Lipinski definition) is 2. The first-order chi connectivity index (χ1) is 10.1. The molecule has 3 N–H and O–H groups in total. The average Bonchev–Trinajstić information content (AvgIpc) is 2.48. The summed E-state index contributed by atoms with van der Waals surface area (Å²) in [6, 6.07) is 16.4. The van der Waals surface area contributed by atoms with Gasteiger partial charge in [-0.05, 0) is 39.7 Å². The normalized spacial score (nSPS) is 11.4. The molecule has 2 aromatic carbocycles. The van der Waals surface area contributed by atoms with E-state index in [4.69, 9.17) is 11.0 Å². The van der Waals surface area contributed by atoms with Crippen LogP contribution in [0.2, 0.25) is 0 Å². The van der Waals surface area contributed by atoms with Crippen molar-refractivity contribution in [2.75, 3.05) is 5.32 Å². The van der Waals surface area contributed by atoms with E-state index in [-0.39, 0.29) is 0 Å². The van der Waals surface area contributed by atoms with Gasteiger partial charge in [-0.3, -0.25) is 4.79 Å². The predicted octanol–water partition coefficient (Wildman–Crippen LogP) is 2.83. The molecule has 21 heavy (non-hydrogen) atoms. The molecule has 2 aromatic rings. The molecule has 0 aliphatic rings. The Bertz CT molecular complexity index is 680. The monoisotopic (exact) mass is 343 g/mol. The molecule has 1 amide bonds. The average molecular weight is 344 g/mol. The summed E-state index contributed by atoms with van der Waals surface area (Å²) >= 11 is 3.32. The van der Waals surface area contributed by atoms with Crippen LogP contribution in [0, 0.1) is 11.3 Å². The number of amides is 1. The largest absolute Gasteiger partial charge is 0.373 e. The Labute approximate surface area is 131 Å². The lowest BCUT2D eigenvalue weighted by atomic mass is 10.1. The molecule has 5 heteroatoms. The number of hydrogen-bond acceptors (Lipinski definition) is 3. The maximum atomic E-state index is 11.6. The molecule has 0 aliphatic heterocycles. The minimum absolute atomic E-state index is 0.417. The second-order valence-electron chi connectivity index (χ2n) is 4.60. The second-order valence-corrected chi connectivity index (χ2v) is 5.45. The van der Waals surface area contributed by atoms with Crippen molar-refractivity contribution in [3.05, 3.63) is 64.1 Å². The highest BCUT2D eigenvalue weighted by atomic mass is 79.9. The molecule has 0 heterocycles. The topological polar surface area (TPSA) is 78.9 Å². The number of rotatable bonds is 5. The lowest BCUT2D eigenvalue weighted by Gasteiger charge is -2.17. The van der Waals surface area contributed by atoms with Gasteiger partial charge in [0.15, 0.2) is 0 Å². The Morgan fingerprint density at radius 2 is 2.00 bits per heavy atom. The Balaban J connectivity index is 2.15. The molecule has 0 bridgehead atoms. The first-order valence-electron chi connectivity index (χ1n) is 6.39. The number of benzene rings is 2. The number of carbonyl (C=O) groups is 1. The molecule has 0 aliphatic carbocycles. The summed E-state index contributed by atoms with van der Waals surface area (Å²) in [5, 5.41) is 12.0. The van der Waals surface area contributed by atoms with E-state index in [1.807, 2.05) is 30.3 Å². The molecule has 0 fully saturated rings. The molecule has 0 saturated heterocycles. The van der Waals surface area contributed by atoms with Gasteiger partial charge in [-0.15, -0.1) is 0 Å². The van der Waals surface area contributed by atoms with Gasteiger partial charge in [0, 0.05) is 16.6 Å². The Kier molecular flexibility index (Phi) is 4.96. The van der Waals surface area contributed by atoms with E-state index in [1.54, 1.807) is 18.2 Å². The van der Waals surface area contributed by atoms with Gasteiger partial charge in [0.2, 0.25) is 5.91 Å². The zero-order chi connectivity index (χ0) is 15.2. The number of nitrogens with two attached hydrogens (primary N) is 1. The van der Waals surface area contributed by atoms with E-state index in [1.165, 1.54) is 0 Å². The fourth-order valence-corrected chi connectivity index (χ4v) is 2.44. The van der Waals surface area contributed by atoms with Crippen molar-refractivity contribution >= 4 is 27.5 Å². The maximum absolute atomic E-state index is 11.6. The number of halogens is 1. The third kappa shape index (κ3) is 4.07. The van der Waals surface area contributed by atoms with Crippen molar-refractivity contribution in [2.24, 2.45) is 5.73 Å². The van der Waals surface area contributed by atoms with E-state index >= 15 is 0 Å². The fraction of sp³-hybridized carbons (Fsp3) is 0.125. The highest BCUT2D eigenvalue weighted by Crippen LogP contribution is 2.21. The van der Waals surface area contributed by atoms with Crippen LogP contribution in [0.15, 0.2) is 53.0 Å². The van der Waals surface area contributed by atoms with E-state index in [0.717, 1.165) is 11.3 Å². The van der Waals surface area contributed by atoms with E-state index < -0.39 is 11.9 Å². The van der Waals surface area contributed by atoms with Gasteiger partial charge in [-0.2, -0.15) is 5.26 Å². The van der Waals surface area contributed by atoms with Crippen molar-refractivity contribution in [3.8, 4) is 6.07 Å². The molecular formula is C16H14BrN3O. The predicted molar refractivity (Wildman–Crippen MR) is 85.6 cm³/mol. The highest BCUT2D eigenvalue weighted by molar-refractivity contribution is 9.10. The van der Waals surface area contributed by atoms with Crippen LogP contribution in [0.5, 0.6) is 0 Å². The van der Waals surface area contributed by atoms with E-state index in [9.17, 15) is 4.79 Å². The van der Waals surface area contributed by atoms with Gasteiger partial charge >= 0.3 is 0 Å². The minimum atomic E-state index is -0.507. The molecule has 0 saturated carbocycles. The third-order valence-corrected chi connectivity index (χ3v) is 3.71. The summed E-state index contributed by atoms with van der Waals surface area (Å²) in [6.07, 6.45) is 0.508. The van der Waals surface area contributed by atoms with Gasteiger partial charge < -0.3 is 11.1 Å². The van der Waals surface area contributed by atoms with Crippen molar-refractivity contribution in [1.82, 2.24) is 0 Å². The Morgan fingerprint density at radius 3 is 2.57 bits per heavy atom. The summed E-state index contributed by atoms with van der Waals surface area (Å²) in [7, 11) is 0. The molecule has 0 spiro atoms. The number of nitrogens with one attached hydrogen (secondary N) is 1. The van der Waals surface area contributed by atoms with Gasteiger partial charge in [-0.25, -0.2) is 0 Å². The third-order valence-electron chi connectivity index (χ3n) is 3.06. The van der Waals surface area contributed by atoms with E-state index in [0.29, 0.717) is 16.5 Å². The van der Waals surface area contributed by atoms with Gasteiger partial charge in [0.25, 0.3) is 0 Å². The molecule has 0 unspecified atom stereocenters. The lowest BCUT2D eigenvalue weighted by molar-refractivity contribution is -0.118. The minimum Gasteiger partial charge on any atom is -0.373 e. The van der Waals surface area contributed by atoms with Crippen LogP contribution in [0.3, 0.4) is 0 Å². The van der Waals surface area contributed by atoms with Crippen LogP contribution in [-0.4, -0.2) is 11.9 Å². The van der Waals surface area contributed by atoms with Crippen LogP contribution in [0.1, 0.15) is 11.1 Å². The highest BCUT2D eigenvalue weighted by Gasteiger charge is 2.16.